The molecule has 0 amide bonds. The van der Waals surface area contributed by atoms with E-state index in [9.17, 15) is 0 Å². The van der Waals surface area contributed by atoms with Crippen LogP contribution >= 0.6 is 0 Å². The molecule has 1 aromatic carbocycles. The topological polar surface area (TPSA) is 46.2 Å². The summed E-state index contributed by atoms with van der Waals surface area (Å²) in [7, 11) is 0. The van der Waals surface area contributed by atoms with Gasteiger partial charge in [0, 0.05) is 5.56 Å². The van der Waals surface area contributed by atoms with Crippen molar-refractivity contribution in [3.05, 3.63) is 42.2 Å². The highest BCUT2D eigenvalue weighted by atomic mass is 16.2. The molecule has 0 aromatic heterocycles. The van der Waals surface area contributed by atoms with Gasteiger partial charge in [0.25, 0.3) is 0 Å². The highest BCUT2D eigenvalue weighted by Gasteiger charge is 1.91. The van der Waals surface area contributed by atoms with Crippen LogP contribution in [-0.2, 0) is 0 Å². The van der Waals surface area contributed by atoms with Gasteiger partial charge >= 0.3 is 0 Å². The molecule has 0 saturated heterocycles. The summed E-state index contributed by atoms with van der Waals surface area (Å²) in [4.78, 5) is 0. The van der Waals surface area contributed by atoms with Gasteiger partial charge in [-0.1, -0.05) is 30.3 Å². The first-order valence-electron chi connectivity index (χ1n) is 3.00. The first kappa shape index (κ1) is 6.68. The molecule has 0 unspecified atom stereocenters. The van der Waals surface area contributed by atoms with E-state index >= 15 is 0 Å². The third-order valence-electron chi connectivity index (χ3n) is 1.25. The van der Waals surface area contributed by atoms with E-state index < -0.39 is 0 Å². The van der Waals surface area contributed by atoms with Crippen LogP contribution < -0.4 is 5.73 Å². The van der Waals surface area contributed by atoms with Crippen LogP contribution in [0.4, 0.5) is 0 Å². The zero-order chi connectivity index (χ0) is 7.40. The van der Waals surface area contributed by atoms with Crippen LogP contribution in [0.15, 0.2) is 36.6 Å². The monoisotopic (exact) mass is 135 g/mol. The number of nitrogens with two attached hydrogens (primary N) is 1. The minimum Gasteiger partial charge on any atom is -0.513 e. The molecule has 0 saturated carbocycles. The molecule has 0 aliphatic rings. The molecular formula is C8H9NO. The zero-order valence-corrected chi connectivity index (χ0v) is 5.49. The van der Waals surface area contributed by atoms with Crippen molar-refractivity contribution in [1.82, 2.24) is 0 Å². The van der Waals surface area contributed by atoms with E-state index in [1.165, 1.54) is 0 Å². The summed E-state index contributed by atoms with van der Waals surface area (Å²) in [6.07, 6.45) is 0.898. The molecular weight excluding hydrogens is 126 g/mol. The molecule has 0 aliphatic carbocycles. The molecule has 0 heterocycles. The number of benzene rings is 1. The summed E-state index contributed by atoms with van der Waals surface area (Å²) in [6.45, 7) is 0. The number of hydrogen-bond acceptors (Lipinski definition) is 2. The number of hydrogen-bond donors (Lipinski definition) is 2. The van der Waals surface area contributed by atoms with E-state index in [4.69, 9.17) is 10.8 Å². The first-order valence-corrected chi connectivity index (χ1v) is 3.00. The van der Waals surface area contributed by atoms with E-state index in [0.717, 1.165) is 11.8 Å². The van der Waals surface area contributed by atoms with Crippen molar-refractivity contribution < 1.29 is 5.11 Å². The largest absolute Gasteiger partial charge is 0.513 e. The normalized spacial score (nSPS) is 11.4. The number of aliphatic hydroxyl groups is 1. The minimum atomic E-state index is 0.389. The maximum atomic E-state index is 8.50. The molecule has 3 N–H and O–H groups in total. The van der Waals surface area contributed by atoms with Gasteiger partial charge in [-0.05, 0) is 0 Å². The number of rotatable bonds is 1. The molecule has 10 heavy (non-hydrogen) atoms. The van der Waals surface area contributed by atoms with Gasteiger partial charge in [-0.15, -0.1) is 0 Å². The lowest BCUT2D eigenvalue weighted by Crippen LogP contribution is -1.94. The van der Waals surface area contributed by atoms with Crippen molar-refractivity contribution in [2.75, 3.05) is 0 Å². The Kier molecular flexibility index (Phi) is 1.95. The third kappa shape index (κ3) is 1.29. The number of aliphatic hydroxyl groups excluding tert-OH is 1. The highest BCUT2D eigenvalue weighted by Crippen LogP contribution is 2.05. The van der Waals surface area contributed by atoms with E-state index in [0.29, 0.717) is 5.70 Å². The summed E-state index contributed by atoms with van der Waals surface area (Å²) < 4.78 is 0. The second kappa shape index (κ2) is 2.92. The van der Waals surface area contributed by atoms with E-state index in [1.54, 1.807) is 0 Å². The van der Waals surface area contributed by atoms with E-state index in [-0.39, 0.29) is 0 Å². The maximum absolute atomic E-state index is 8.50. The van der Waals surface area contributed by atoms with Gasteiger partial charge in [-0.3, -0.25) is 0 Å². The fourth-order valence-corrected chi connectivity index (χ4v) is 0.705. The minimum absolute atomic E-state index is 0.389. The summed E-state index contributed by atoms with van der Waals surface area (Å²) in [6, 6.07) is 9.30. The van der Waals surface area contributed by atoms with Gasteiger partial charge in [0.1, 0.15) is 6.26 Å². The predicted molar refractivity (Wildman–Crippen MR) is 41.2 cm³/mol. The van der Waals surface area contributed by atoms with Crippen LogP contribution in [0.25, 0.3) is 5.70 Å². The second-order valence-corrected chi connectivity index (χ2v) is 1.95. The average molecular weight is 135 g/mol. The Morgan fingerprint density at radius 3 is 2.40 bits per heavy atom. The van der Waals surface area contributed by atoms with Crippen LogP contribution in [0.3, 0.4) is 0 Å². The Balaban J connectivity index is 2.96. The van der Waals surface area contributed by atoms with Crippen LogP contribution in [0, 0.1) is 0 Å². The molecule has 2 nitrogen and oxygen atoms in total. The van der Waals surface area contributed by atoms with Crippen LogP contribution in [0.5, 0.6) is 0 Å². The van der Waals surface area contributed by atoms with Gasteiger partial charge in [0.2, 0.25) is 0 Å². The molecule has 0 radical (unpaired) electrons. The van der Waals surface area contributed by atoms with Crippen LogP contribution in [-0.4, -0.2) is 5.11 Å². The van der Waals surface area contributed by atoms with Crippen molar-refractivity contribution >= 4 is 5.70 Å². The second-order valence-electron chi connectivity index (χ2n) is 1.95. The quantitative estimate of drug-likeness (QED) is 0.573. The molecule has 0 atom stereocenters. The molecule has 0 aliphatic heterocycles. The Bertz CT molecular complexity index is 228. The SMILES string of the molecule is NC(=CO)c1ccccc1. The van der Waals surface area contributed by atoms with Crippen LogP contribution in [0.1, 0.15) is 5.56 Å². The molecule has 2 heteroatoms. The van der Waals surface area contributed by atoms with Gasteiger partial charge in [0.15, 0.2) is 0 Å². The van der Waals surface area contributed by atoms with E-state index in [1.807, 2.05) is 30.3 Å². The Labute approximate surface area is 59.6 Å². The van der Waals surface area contributed by atoms with Gasteiger partial charge in [-0.2, -0.15) is 0 Å². The van der Waals surface area contributed by atoms with Crippen molar-refractivity contribution in [2.45, 2.75) is 0 Å². The smallest absolute Gasteiger partial charge is 0.103 e. The maximum Gasteiger partial charge on any atom is 0.103 e. The fraction of sp³-hybridized carbons (Fsp3) is 0. The van der Waals surface area contributed by atoms with Gasteiger partial charge in [-0.25, -0.2) is 0 Å². The fourth-order valence-electron chi connectivity index (χ4n) is 0.705. The predicted octanol–water partition coefficient (Wildman–Crippen LogP) is 1.50. The lowest BCUT2D eigenvalue weighted by atomic mass is 10.2. The Morgan fingerprint density at radius 2 is 1.90 bits per heavy atom. The van der Waals surface area contributed by atoms with Crippen molar-refractivity contribution in [2.24, 2.45) is 5.73 Å². The standard InChI is InChI=1S/C8H9NO/c9-8(6-10)7-4-2-1-3-5-7/h1-6,10H,9H2. The molecule has 0 spiro atoms. The Morgan fingerprint density at radius 1 is 1.30 bits per heavy atom. The molecule has 0 fully saturated rings. The van der Waals surface area contributed by atoms with Crippen molar-refractivity contribution in [3.63, 3.8) is 0 Å². The lowest BCUT2D eigenvalue weighted by molar-refractivity contribution is 0.475. The average Bonchev–Trinajstić information content (AvgIpc) is 2.05. The summed E-state index contributed by atoms with van der Waals surface area (Å²) in [5, 5.41) is 8.50. The lowest BCUT2D eigenvalue weighted by Gasteiger charge is -1.96. The Hall–Kier alpha value is -1.44. The summed E-state index contributed by atoms with van der Waals surface area (Å²) in [5.41, 5.74) is 6.63. The molecule has 1 rings (SSSR count). The van der Waals surface area contributed by atoms with Gasteiger partial charge < -0.3 is 10.8 Å². The molecule has 1 aromatic rings. The highest BCUT2D eigenvalue weighted by molar-refractivity contribution is 5.60. The third-order valence-corrected chi connectivity index (χ3v) is 1.25. The molecule has 52 valence electrons. The van der Waals surface area contributed by atoms with Crippen molar-refractivity contribution in [3.8, 4) is 0 Å². The van der Waals surface area contributed by atoms with Crippen LogP contribution in [0.2, 0.25) is 0 Å². The van der Waals surface area contributed by atoms with Crippen molar-refractivity contribution in [1.29, 1.82) is 0 Å². The summed E-state index contributed by atoms with van der Waals surface area (Å²) >= 11 is 0. The van der Waals surface area contributed by atoms with E-state index in [2.05, 4.69) is 0 Å². The first-order chi connectivity index (χ1) is 4.84. The van der Waals surface area contributed by atoms with Gasteiger partial charge in [0.05, 0.1) is 5.70 Å². The zero-order valence-electron chi connectivity index (χ0n) is 5.49. The molecule has 0 bridgehead atoms. The summed E-state index contributed by atoms with van der Waals surface area (Å²) in [5.74, 6) is 0.